The number of hydrogen-bond acceptors (Lipinski definition) is 2. The van der Waals surface area contributed by atoms with Crippen molar-refractivity contribution in [2.75, 3.05) is 13.2 Å². The number of allylic oxidation sites excluding steroid dienone is 2. The molecule has 2 heteroatoms. The highest BCUT2D eigenvalue weighted by molar-refractivity contribution is 4.92. The van der Waals surface area contributed by atoms with Gasteiger partial charge in [-0.25, -0.2) is 0 Å². The van der Waals surface area contributed by atoms with E-state index in [1.807, 2.05) is 0 Å². The quantitative estimate of drug-likeness (QED) is 0.294. The molecule has 2 atom stereocenters. The Balaban J connectivity index is 3.82. The third kappa shape index (κ3) is 17.1. The minimum atomic E-state index is -0.0155. The Labute approximate surface area is 165 Å². The van der Waals surface area contributed by atoms with Gasteiger partial charge < -0.3 is 9.47 Å². The Morgan fingerprint density at radius 2 is 1.35 bits per heavy atom. The second-order valence-corrected chi connectivity index (χ2v) is 10.1. The Morgan fingerprint density at radius 1 is 0.808 bits per heavy atom. The molecule has 0 spiro atoms. The highest BCUT2D eigenvalue weighted by Gasteiger charge is 2.19. The van der Waals surface area contributed by atoms with Crippen molar-refractivity contribution in [2.45, 2.75) is 118 Å². The molecule has 0 aliphatic heterocycles. The van der Waals surface area contributed by atoms with Crippen LogP contribution in [0, 0.1) is 11.8 Å². The maximum absolute atomic E-state index is 6.20. The minimum Gasteiger partial charge on any atom is -0.376 e. The monoisotopic (exact) mass is 368 g/mol. The van der Waals surface area contributed by atoms with Crippen LogP contribution in [0.25, 0.3) is 0 Å². The van der Waals surface area contributed by atoms with Crippen LogP contribution in [-0.2, 0) is 9.47 Å². The molecular formula is C24H48O2. The van der Waals surface area contributed by atoms with E-state index in [1.54, 1.807) is 0 Å². The first-order chi connectivity index (χ1) is 11.9. The van der Waals surface area contributed by atoms with Gasteiger partial charge in [-0.2, -0.15) is 0 Å². The zero-order chi connectivity index (χ0) is 20.2. The molecule has 0 heterocycles. The molecule has 0 aromatic carbocycles. The van der Waals surface area contributed by atoms with Gasteiger partial charge in [-0.1, -0.05) is 38.3 Å². The molecule has 156 valence electrons. The molecule has 0 aromatic heterocycles. The number of hydrogen-bond donors (Lipinski definition) is 0. The van der Waals surface area contributed by atoms with Gasteiger partial charge in [0.1, 0.15) is 0 Å². The van der Waals surface area contributed by atoms with E-state index in [0.29, 0.717) is 0 Å². The van der Waals surface area contributed by atoms with E-state index >= 15 is 0 Å². The second-order valence-electron chi connectivity index (χ2n) is 10.1. The number of ether oxygens (including phenoxy) is 2. The van der Waals surface area contributed by atoms with E-state index in [-0.39, 0.29) is 11.2 Å². The average molecular weight is 369 g/mol. The molecule has 0 saturated carbocycles. The van der Waals surface area contributed by atoms with Crippen LogP contribution in [0.5, 0.6) is 0 Å². The van der Waals surface area contributed by atoms with Crippen molar-refractivity contribution in [3.8, 4) is 0 Å². The van der Waals surface area contributed by atoms with E-state index in [2.05, 4.69) is 68.4 Å². The van der Waals surface area contributed by atoms with Crippen LogP contribution in [0.2, 0.25) is 0 Å². The van der Waals surface area contributed by atoms with Gasteiger partial charge in [0.15, 0.2) is 0 Å². The Morgan fingerprint density at radius 3 is 1.88 bits per heavy atom. The Kier molecular flexibility index (Phi) is 12.8. The van der Waals surface area contributed by atoms with Crippen LogP contribution in [0.15, 0.2) is 11.6 Å². The van der Waals surface area contributed by atoms with Crippen molar-refractivity contribution in [3.05, 3.63) is 11.6 Å². The lowest BCUT2D eigenvalue weighted by Gasteiger charge is -2.27. The first-order valence-electron chi connectivity index (χ1n) is 10.8. The van der Waals surface area contributed by atoms with Crippen molar-refractivity contribution in [2.24, 2.45) is 11.8 Å². The summed E-state index contributed by atoms with van der Waals surface area (Å²) in [6.45, 7) is 21.7. The maximum Gasteiger partial charge on any atom is 0.0626 e. The van der Waals surface area contributed by atoms with Gasteiger partial charge in [0.2, 0.25) is 0 Å². The normalized spacial score (nSPS) is 15.0. The molecule has 0 aromatic rings. The molecule has 0 amide bonds. The van der Waals surface area contributed by atoms with Crippen molar-refractivity contribution in [3.63, 3.8) is 0 Å². The van der Waals surface area contributed by atoms with Crippen LogP contribution >= 0.6 is 0 Å². The third-order valence-electron chi connectivity index (χ3n) is 4.94. The van der Waals surface area contributed by atoms with Crippen LogP contribution < -0.4 is 0 Å². The van der Waals surface area contributed by atoms with Crippen molar-refractivity contribution in [1.82, 2.24) is 0 Å². The minimum absolute atomic E-state index is 0.00125. The van der Waals surface area contributed by atoms with Gasteiger partial charge in [-0.05, 0) is 92.4 Å². The molecule has 2 unspecified atom stereocenters. The highest BCUT2D eigenvalue weighted by atomic mass is 16.5. The van der Waals surface area contributed by atoms with E-state index in [4.69, 9.17) is 9.47 Å². The van der Waals surface area contributed by atoms with Crippen LogP contribution in [0.4, 0.5) is 0 Å². The molecule has 0 aliphatic carbocycles. The second kappa shape index (κ2) is 12.9. The molecule has 0 rings (SSSR count). The molecule has 0 fully saturated rings. The fourth-order valence-electron chi connectivity index (χ4n) is 3.00. The van der Waals surface area contributed by atoms with Crippen molar-refractivity contribution < 1.29 is 9.47 Å². The zero-order valence-corrected chi connectivity index (χ0v) is 19.4. The van der Waals surface area contributed by atoms with Crippen molar-refractivity contribution in [1.29, 1.82) is 0 Å². The lowest BCUT2D eigenvalue weighted by atomic mass is 9.95. The summed E-state index contributed by atoms with van der Waals surface area (Å²) in [4.78, 5) is 0. The smallest absolute Gasteiger partial charge is 0.0626 e. The summed E-state index contributed by atoms with van der Waals surface area (Å²) >= 11 is 0. The SMILES string of the molecule is CC(C)=CCCC(C)CCOC(C)(C)CCCC(C)CCOC(C)(C)C. The molecule has 0 radical (unpaired) electrons. The molecular weight excluding hydrogens is 320 g/mol. The Hall–Kier alpha value is -0.340. The lowest BCUT2D eigenvalue weighted by Crippen LogP contribution is -2.25. The summed E-state index contributed by atoms with van der Waals surface area (Å²) in [5.41, 5.74) is 1.41. The van der Waals surface area contributed by atoms with Crippen LogP contribution in [-0.4, -0.2) is 24.4 Å². The summed E-state index contributed by atoms with van der Waals surface area (Å²) < 4.78 is 12.0. The summed E-state index contributed by atoms with van der Waals surface area (Å²) in [5.74, 6) is 1.47. The van der Waals surface area contributed by atoms with Crippen LogP contribution in [0.3, 0.4) is 0 Å². The summed E-state index contributed by atoms with van der Waals surface area (Å²) in [6, 6.07) is 0. The lowest BCUT2D eigenvalue weighted by molar-refractivity contribution is -0.0312. The van der Waals surface area contributed by atoms with Gasteiger partial charge in [0.05, 0.1) is 11.2 Å². The fourth-order valence-corrected chi connectivity index (χ4v) is 3.00. The highest BCUT2D eigenvalue weighted by Crippen LogP contribution is 2.23. The van der Waals surface area contributed by atoms with Gasteiger partial charge in [0, 0.05) is 13.2 Å². The van der Waals surface area contributed by atoms with Gasteiger partial charge in [-0.3, -0.25) is 0 Å². The van der Waals surface area contributed by atoms with E-state index < -0.39 is 0 Å². The van der Waals surface area contributed by atoms with E-state index in [9.17, 15) is 0 Å². The third-order valence-corrected chi connectivity index (χ3v) is 4.94. The van der Waals surface area contributed by atoms with Gasteiger partial charge in [0.25, 0.3) is 0 Å². The largest absolute Gasteiger partial charge is 0.376 e. The average Bonchev–Trinajstić information content (AvgIpc) is 2.44. The first-order valence-corrected chi connectivity index (χ1v) is 10.8. The maximum atomic E-state index is 6.20. The predicted molar refractivity (Wildman–Crippen MR) is 116 cm³/mol. The van der Waals surface area contributed by atoms with Crippen molar-refractivity contribution >= 4 is 0 Å². The molecule has 0 saturated heterocycles. The molecule has 2 nitrogen and oxygen atoms in total. The standard InChI is InChI=1S/C24H48O2/c1-20(2)12-10-13-21(3)16-19-26-24(8,9)17-11-14-22(4)15-18-25-23(5,6)7/h12,21-22H,10-11,13-19H2,1-9H3. The topological polar surface area (TPSA) is 18.5 Å². The van der Waals surface area contributed by atoms with Crippen LogP contribution in [0.1, 0.15) is 107 Å². The first kappa shape index (κ1) is 25.7. The summed E-state index contributed by atoms with van der Waals surface area (Å²) in [7, 11) is 0. The summed E-state index contributed by atoms with van der Waals surface area (Å²) in [5, 5.41) is 0. The molecule has 0 N–H and O–H groups in total. The number of rotatable bonds is 14. The predicted octanol–water partition coefficient (Wildman–Crippen LogP) is 7.57. The van der Waals surface area contributed by atoms with E-state index in [1.165, 1.54) is 37.7 Å². The van der Waals surface area contributed by atoms with E-state index in [0.717, 1.165) is 37.9 Å². The fraction of sp³-hybridized carbons (Fsp3) is 0.917. The molecule has 0 aliphatic rings. The Bertz CT molecular complexity index is 372. The molecule has 0 bridgehead atoms. The zero-order valence-electron chi connectivity index (χ0n) is 19.4. The summed E-state index contributed by atoms with van der Waals surface area (Å²) in [6.07, 6.45) is 10.8. The van der Waals surface area contributed by atoms with Gasteiger partial charge >= 0.3 is 0 Å². The molecule has 26 heavy (non-hydrogen) atoms. The van der Waals surface area contributed by atoms with Gasteiger partial charge in [-0.15, -0.1) is 0 Å².